The third-order valence-electron chi connectivity index (χ3n) is 2.99. The van der Waals surface area contributed by atoms with Gasteiger partial charge in [0.2, 0.25) is 10.0 Å². The molecule has 1 aromatic carbocycles. The fraction of sp³-hybridized carbons (Fsp3) is 0.538. The Kier molecular flexibility index (Phi) is 4.76. The molecule has 18 heavy (non-hydrogen) atoms. The van der Waals surface area contributed by atoms with Crippen LogP contribution in [0.3, 0.4) is 0 Å². The normalized spacial score (nSPS) is 13.6. The Hall–Kier alpha value is -1.07. The lowest BCUT2D eigenvalue weighted by Gasteiger charge is -2.17. The van der Waals surface area contributed by atoms with Crippen LogP contribution in [0.5, 0.6) is 0 Å². The lowest BCUT2D eigenvalue weighted by molar-refractivity contribution is 0.543. The van der Waals surface area contributed by atoms with Crippen molar-refractivity contribution in [2.45, 2.75) is 51.5 Å². The van der Waals surface area contributed by atoms with Gasteiger partial charge in [-0.05, 0) is 44.4 Å². The van der Waals surface area contributed by atoms with Gasteiger partial charge in [0.15, 0.2) is 0 Å². The molecule has 3 N–H and O–H groups in total. The first-order chi connectivity index (χ1) is 8.29. The molecule has 0 aliphatic heterocycles. The summed E-state index contributed by atoms with van der Waals surface area (Å²) in [6.45, 7) is 7.42. The van der Waals surface area contributed by atoms with Gasteiger partial charge >= 0.3 is 0 Å². The minimum Gasteiger partial charge on any atom is -0.398 e. The van der Waals surface area contributed by atoms with Gasteiger partial charge in [0.05, 0.1) is 4.90 Å². The van der Waals surface area contributed by atoms with Gasteiger partial charge in [0, 0.05) is 11.7 Å². The van der Waals surface area contributed by atoms with E-state index in [9.17, 15) is 8.42 Å². The molecule has 0 amide bonds. The molecule has 1 aromatic rings. The maximum absolute atomic E-state index is 12.3. The zero-order valence-corrected chi connectivity index (χ0v) is 12.3. The fourth-order valence-electron chi connectivity index (χ4n) is 2.07. The van der Waals surface area contributed by atoms with E-state index in [2.05, 4.69) is 4.72 Å². The Morgan fingerprint density at radius 1 is 1.33 bits per heavy atom. The number of rotatable bonds is 5. The second-order valence-corrected chi connectivity index (χ2v) is 6.39. The molecule has 0 spiro atoms. The molecule has 4 nitrogen and oxygen atoms in total. The Bertz CT molecular complexity index is 524. The van der Waals surface area contributed by atoms with E-state index in [1.54, 1.807) is 26.0 Å². The van der Waals surface area contributed by atoms with Crippen LogP contribution in [0.25, 0.3) is 0 Å². The molecule has 0 saturated heterocycles. The van der Waals surface area contributed by atoms with E-state index in [1.807, 2.05) is 13.8 Å². The average molecular weight is 270 g/mol. The summed E-state index contributed by atoms with van der Waals surface area (Å²) in [6, 6.07) is 3.40. The maximum Gasteiger partial charge on any atom is 0.241 e. The summed E-state index contributed by atoms with van der Waals surface area (Å²) in [5.41, 5.74) is 7.62. The van der Waals surface area contributed by atoms with Crippen molar-refractivity contribution in [3.63, 3.8) is 0 Å². The number of anilines is 1. The monoisotopic (exact) mass is 270 g/mol. The van der Waals surface area contributed by atoms with Crippen LogP contribution in [0.2, 0.25) is 0 Å². The standard InChI is InChI=1S/C13H22N2O2S/c1-5-6-10(3)15-18(16,17)13-9(2)7-8-12(14)11(13)4/h7-8,10,15H,5-6,14H2,1-4H3. The minimum absolute atomic E-state index is 0.0692. The van der Waals surface area contributed by atoms with Crippen LogP contribution in [0.4, 0.5) is 5.69 Å². The third kappa shape index (κ3) is 3.23. The zero-order chi connectivity index (χ0) is 13.9. The van der Waals surface area contributed by atoms with Crippen LogP contribution >= 0.6 is 0 Å². The summed E-state index contributed by atoms with van der Waals surface area (Å²) in [7, 11) is -3.50. The molecule has 0 aliphatic rings. The number of hydrogen-bond donors (Lipinski definition) is 2. The quantitative estimate of drug-likeness (QED) is 0.807. The van der Waals surface area contributed by atoms with Gasteiger partial charge in [0.1, 0.15) is 0 Å². The van der Waals surface area contributed by atoms with Crippen LogP contribution in [0, 0.1) is 13.8 Å². The smallest absolute Gasteiger partial charge is 0.241 e. The first-order valence-corrected chi connectivity index (χ1v) is 7.66. The first-order valence-electron chi connectivity index (χ1n) is 6.17. The van der Waals surface area contributed by atoms with Gasteiger partial charge in [-0.1, -0.05) is 19.4 Å². The number of aryl methyl sites for hydroxylation is 1. The minimum atomic E-state index is -3.50. The molecule has 0 heterocycles. The van der Waals surface area contributed by atoms with Crippen LogP contribution in [0.15, 0.2) is 17.0 Å². The summed E-state index contributed by atoms with van der Waals surface area (Å²) in [4.78, 5) is 0.311. The predicted octanol–water partition coefficient (Wildman–Crippen LogP) is 2.35. The molecule has 0 fully saturated rings. The number of hydrogen-bond acceptors (Lipinski definition) is 3. The van der Waals surface area contributed by atoms with Crippen LogP contribution in [0.1, 0.15) is 37.8 Å². The van der Waals surface area contributed by atoms with Crippen molar-refractivity contribution in [3.8, 4) is 0 Å². The molecular formula is C13H22N2O2S. The third-order valence-corrected chi connectivity index (χ3v) is 4.87. The highest BCUT2D eigenvalue weighted by atomic mass is 32.2. The number of sulfonamides is 1. The van der Waals surface area contributed by atoms with Crippen molar-refractivity contribution < 1.29 is 8.42 Å². The van der Waals surface area contributed by atoms with Gasteiger partial charge in [-0.2, -0.15) is 0 Å². The van der Waals surface area contributed by atoms with Gasteiger partial charge in [-0.3, -0.25) is 0 Å². The topological polar surface area (TPSA) is 72.2 Å². The molecule has 1 unspecified atom stereocenters. The number of nitrogens with one attached hydrogen (secondary N) is 1. The average Bonchev–Trinajstić information content (AvgIpc) is 2.23. The number of benzene rings is 1. The molecular weight excluding hydrogens is 248 g/mol. The Morgan fingerprint density at radius 2 is 1.94 bits per heavy atom. The Labute approximate surface area is 110 Å². The lowest BCUT2D eigenvalue weighted by Crippen LogP contribution is -2.33. The van der Waals surface area contributed by atoms with Crippen molar-refractivity contribution in [2.75, 3.05) is 5.73 Å². The molecule has 0 bridgehead atoms. The van der Waals surface area contributed by atoms with Crippen molar-refractivity contribution in [1.29, 1.82) is 0 Å². The maximum atomic E-state index is 12.3. The van der Waals surface area contributed by atoms with Crippen molar-refractivity contribution in [3.05, 3.63) is 23.3 Å². The summed E-state index contributed by atoms with van der Waals surface area (Å²) in [5.74, 6) is 0. The van der Waals surface area contributed by atoms with Gasteiger partial charge in [-0.15, -0.1) is 0 Å². The highest BCUT2D eigenvalue weighted by molar-refractivity contribution is 7.89. The molecule has 0 aromatic heterocycles. The summed E-state index contributed by atoms with van der Waals surface area (Å²) < 4.78 is 27.4. The zero-order valence-electron chi connectivity index (χ0n) is 11.4. The molecule has 5 heteroatoms. The SMILES string of the molecule is CCCC(C)NS(=O)(=O)c1c(C)ccc(N)c1C. The Morgan fingerprint density at radius 3 is 2.50 bits per heavy atom. The molecule has 1 atom stereocenters. The molecule has 102 valence electrons. The highest BCUT2D eigenvalue weighted by Crippen LogP contribution is 2.24. The van der Waals surface area contributed by atoms with Crippen molar-refractivity contribution >= 4 is 15.7 Å². The van der Waals surface area contributed by atoms with Crippen LogP contribution in [-0.4, -0.2) is 14.5 Å². The van der Waals surface area contributed by atoms with Crippen LogP contribution < -0.4 is 10.5 Å². The predicted molar refractivity (Wildman–Crippen MR) is 75.0 cm³/mol. The summed E-state index contributed by atoms with van der Waals surface area (Å²) in [5, 5.41) is 0. The van der Waals surface area contributed by atoms with E-state index >= 15 is 0 Å². The van der Waals surface area contributed by atoms with Crippen LogP contribution in [-0.2, 0) is 10.0 Å². The first kappa shape index (κ1) is 15.0. The highest BCUT2D eigenvalue weighted by Gasteiger charge is 2.22. The van der Waals surface area contributed by atoms with Gasteiger partial charge in [0.25, 0.3) is 0 Å². The van der Waals surface area contributed by atoms with E-state index in [0.717, 1.165) is 18.4 Å². The molecule has 1 rings (SSSR count). The van der Waals surface area contributed by atoms with Crippen molar-refractivity contribution in [2.24, 2.45) is 0 Å². The van der Waals surface area contributed by atoms with Gasteiger partial charge in [-0.25, -0.2) is 13.1 Å². The molecule has 0 saturated carbocycles. The van der Waals surface area contributed by atoms with E-state index < -0.39 is 10.0 Å². The number of nitrogen functional groups attached to an aromatic ring is 1. The van der Waals surface area contributed by atoms with E-state index in [1.165, 1.54) is 0 Å². The molecule has 0 radical (unpaired) electrons. The largest absolute Gasteiger partial charge is 0.398 e. The van der Waals surface area contributed by atoms with E-state index in [0.29, 0.717) is 16.1 Å². The lowest BCUT2D eigenvalue weighted by atomic mass is 10.1. The summed E-state index contributed by atoms with van der Waals surface area (Å²) >= 11 is 0. The van der Waals surface area contributed by atoms with Crippen molar-refractivity contribution in [1.82, 2.24) is 4.72 Å². The van der Waals surface area contributed by atoms with E-state index in [-0.39, 0.29) is 6.04 Å². The van der Waals surface area contributed by atoms with E-state index in [4.69, 9.17) is 5.73 Å². The number of nitrogens with two attached hydrogens (primary N) is 1. The fourth-order valence-corrected chi connectivity index (χ4v) is 3.85. The second kappa shape index (κ2) is 5.71. The second-order valence-electron chi connectivity index (χ2n) is 4.74. The van der Waals surface area contributed by atoms with Gasteiger partial charge < -0.3 is 5.73 Å². The Balaban J connectivity index is 3.17. The summed E-state index contributed by atoms with van der Waals surface area (Å²) in [6.07, 6.45) is 1.76. The molecule has 0 aliphatic carbocycles.